The number of β-lactam (4-membered cyclic amide) rings is 1. The van der Waals surface area contributed by atoms with E-state index in [1.807, 2.05) is 0 Å². The molecule has 7 amide bonds. The Kier molecular flexibility index (Phi) is 7.26. The van der Waals surface area contributed by atoms with Gasteiger partial charge in [-0.2, -0.15) is 5.10 Å². The predicted molar refractivity (Wildman–Crippen MR) is 123 cm³/mol. The molecule has 0 radical (unpaired) electrons. The van der Waals surface area contributed by atoms with Crippen LogP contribution in [0.15, 0.2) is 33.3 Å². The number of aromatic nitrogens is 1. The number of nitrogens with zero attached hydrogens (tertiary/aromatic N) is 4. The number of hydrogen-bond acceptors (Lipinski definition) is 9. The molecule has 2 aromatic heterocycles. The van der Waals surface area contributed by atoms with E-state index in [0.29, 0.717) is 5.76 Å². The SMILES string of the molecule is O=C(CCl)Nc1nc(C(NC(=O)N2CCN(N=Cc3ccco3)C2=O)C(=O)NC2CNC2=O)cs1. The monoisotopic (exact) mass is 522 g/mol. The number of imide groups is 1. The topological polar surface area (TPSA) is 178 Å². The first-order chi connectivity index (χ1) is 16.9. The van der Waals surface area contributed by atoms with Gasteiger partial charge in [0.05, 0.1) is 31.3 Å². The van der Waals surface area contributed by atoms with Gasteiger partial charge in [-0.3, -0.25) is 14.4 Å². The van der Waals surface area contributed by atoms with Crippen LogP contribution in [0.2, 0.25) is 0 Å². The first-order valence-corrected chi connectivity index (χ1v) is 11.6. The number of hydrogen-bond donors (Lipinski definition) is 4. The first kappa shape index (κ1) is 24.2. The molecule has 0 aliphatic carbocycles. The summed E-state index contributed by atoms with van der Waals surface area (Å²) >= 11 is 6.50. The number of hydrazone groups is 1. The van der Waals surface area contributed by atoms with Crippen LogP contribution in [0.1, 0.15) is 17.5 Å². The van der Waals surface area contributed by atoms with Crippen LogP contribution in [0.3, 0.4) is 0 Å². The van der Waals surface area contributed by atoms with Crippen molar-refractivity contribution in [2.24, 2.45) is 5.10 Å². The maximum atomic E-state index is 12.9. The lowest BCUT2D eigenvalue weighted by atomic mass is 10.1. The van der Waals surface area contributed by atoms with E-state index in [1.165, 1.54) is 17.9 Å². The molecule has 0 aromatic carbocycles. The standard InChI is InChI=1S/C19H19ClN8O6S/c20-6-13(29)25-17-24-12(9-35-17)14(16(31)23-11-8-21-15(11)30)26-18(32)27-3-4-28(19(27)33)22-7-10-2-1-5-34-10/h1-2,5,7,9,11,14H,3-4,6,8H2,(H,21,30)(H,23,31)(H,26,32)(H,24,25,29). The van der Waals surface area contributed by atoms with Gasteiger partial charge in [-0.05, 0) is 12.1 Å². The van der Waals surface area contributed by atoms with Crippen molar-refractivity contribution in [3.05, 3.63) is 35.2 Å². The number of halogens is 1. The van der Waals surface area contributed by atoms with Crippen LogP contribution in [-0.2, 0) is 14.4 Å². The Balaban J connectivity index is 1.46. The molecule has 0 saturated carbocycles. The van der Waals surface area contributed by atoms with E-state index in [1.54, 1.807) is 12.1 Å². The molecule has 35 heavy (non-hydrogen) atoms. The highest BCUT2D eigenvalue weighted by Crippen LogP contribution is 2.22. The number of nitrogens with one attached hydrogen (secondary N) is 4. The van der Waals surface area contributed by atoms with Crippen LogP contribution < -0.4 is 21.3 Å². The van der Waals surface area contributed by atoms with Crippen LogP contribution in [0.25, 0.3) is 0 Å². The lowest BCUT2D eigenvalue weighted by molar-refractivity contribution is -0.134. The second kappa shape index (κ2) is 10.5. The fraction of sp³-hybridized carbons (Fsp3) is 0.316. The molecular weight excluding hydrogens is 504 g/mol. The molecule has 2 saturated heterocycles. The lowest BCUT2D eigenvalue weighted by Gasteiger charge is -2.28. The van der Waals surface area contributed by atoms with E-state index in [2.05, 4.69) is 31.4 Å². The van der Waals surface area contributed by atoms with Crippen molar-refractivity contribution in [2.75, 3.05) is 30.8 Å². The lowest BCUT2D eigenvalue weighted by Crippen LogP contribution is -2.63. The normalized spacial score (nSPS) is 18.3. The van der Waals surface area contributed by atoms with Crippen molar-refractivity contribution in [3.8, 4) is 0 Å². The summed E-state index contributed by atoms with van der Waals surface area (Å²) in [6, 6.07) is -0.341. The van der Waals surface area contributed by atoms with Gasteiger partial charge in [0, 0.05) is 11.9 Å². The Labute approximate surface area is 206 Å². The molecule has 2 aromatic rings. The molecule has 0 bridgehead atoms. The highest BCUT2D eigenvalue weighted by Gasteiger charge is 2.38. The van der Waals surface area contributed by atoms with Crippen molar-refractivity contribution >= 4 is 64.1 Å². The molecule has 0 spiro atoms. The highest BCUT2D eigenvalue weighted by molar-refractivity contribution is 7.14. The van der Waals surface area contributed by atoms with Crippen LogP contribution in [0, 0.1) is 0 Å². The third kappa shape index (κ3) is 5.58. The molecule has 2 fully saturated rings. The number of carbonyl (C=O) groups excluding carboxylic acids is 5. The number of amides is 7. The van der Waals surface area contributed by atoms with E-state index >= 15 is 0 Å². The quantitative estimate of drug-likeness (QED) is 0.215. The van der Waals surface area contributed by atoms with Gasteiger partial charge in [0.2, 0.25) is 17.7 Å². The zero-order chi connectivity index (χ0) is 24.9. The Morgan fingerprint density at radius 2 is 2.20 bits per heavy atom. The molecule has 14 nitrogen and oxygen atoms in total. The summed E-state index contributed by atoms with van der Waals surface area (Å²) in [4.78, 5) is 66.6. The molecule has 2 atom stereocenters. The van der Waals surface area contributed by atoms with Crippen molar-refractivity contribution in [3.63, 3.8) is 0 Å². The van der Waals surface area contributed by atoms with Crippen LogP contribution in [0.5, 0.6) is 0 Å². The van der Waals surface area contributed by atoms with Gasteiger partial charge >= 0.3 is 12.1 Å². The second-order valence-corrected chi connectivity index (χ2v) is 8.39. The number of carbonyl (C=O) groups is 5. The zero-order valence-electron chi connectivity index (χ0n) is 17.9. The van der Waals surface area contributed by atoms with E-state index in [-0.39, 0.29) is 42.2 Å². The Bertz CT molecular complexity index is 1170. The number of thiazole rings is 1. The van der Waals surface area contributed by atoms with Crippen molar-refractivity contribution in [1.29, 1.82) is 0 Å². The maximum Gasteiger partial charge on any atom is 0.348 e. The van der Waals surface area contributed by atoms with Crippen LogP contribution in [-0.4, -0.2) is 82.4 Å². The summed E-state index contributed by atoms with van der Waals surface area (Å²) in [7, 11) is 0. The number of rotatable bonds is 8. The molecule has 184 valence electrons. The predicted octanol–water partition coefficient (Wildman–Crippen LogP) is 0.0504. The largest absolute Gasteiger partial charge is 0.463 e. The maximum absolute atomic E-state index is 12.9. The van der Waals surface area contributed by atoms with Crippen molar-refractivity contribution in [2.45, 2.75) is 12.1 Å². The first-order valence-electron chi connectivity index (χ1n) is 10.2. The van der Waals surface area contributed by atoms with Gasteiger partial charge in [-0.25, -0.2) is 24.5 Å². The van der Waals surface area contributed by atoms with E-state index in [4.69, 9.17) is 16.0 Å². The summed E-state index contributed by atoms with van der Waals surface area (Å²) < 4.78 is 5.12. The Hall–Kier alpha value is -3.98. The van der Waals surface area contributed by atoms with Gasteiger partial charge in [-0.1, -0.05) is 0 Å². The zero-order valence-corrected chi connectivity index (χ0v) is 19.5. The number of alkyl halides is 1. The summed E-state index contributed by atoms with van der Waals surface area (Å²) in [5.74, 6) is -1.43. The fourth-order valence-electron chi connectivity index (χ4n) is 3.08. The summed E-state index contributed by atoms with van der Waals surface area (Å²) in [6.45, 7) is 0.397. The summed E-state index contributed by atoms with van der Waals surface area (Å²) in [5, 5.41) is 16.7. The second-order valence-electron chi connectivity index (χ2n) is 7.27. The van der Waals surface area contributed by atoms with E-state index < -0.39 is 36.0 Å². The molecule has 4 rings (SSSR count). The van der Waals surface area contributed by atoms with Crippen LogP contribution in [0.4, 0.5) is 14.7 Å². The fourth-order valence-corrected chi connectivity index (χ4v) is 3.89. The van der Waals surface area contributed by atoms with Crippen molar-refractivity contribution < 1.29 is 28.4 Å². The smallest absolute Gasteiger partial charge is 0.348 e. The number of anilines is 1. The molecule has 2 aliphatic rings. The minimum atomic E-state index is -1.35. The molecule has 4 heterocycles. The average Bonchev–Trinajstić information content (AvgIpc) is 3.60. The third-order valence-corrected chi connectivity index (χ3v) is 5.95. The van der Waals surface area contributed by atoms with Gasteiger partial charge < -0.3 is 25.7 Å². The molecular formula is C19H19ClN8O6S. The molecule has 16 heteroatoms. The van der Waals surface area contributed by atoms with Gasteiger partial charge in [0.1, 0.15) is 17.7 Å². The van der Waals surface area contributed by atoms with E-state index in [9.17, 15) is 24.0 Å². The number of furan rings is 1. The van der Waals surface area contributed by atoms with Gasteiger partial charge in [0.15, 0.2) is 11.2 Å². The minimum Gasteiger partial charge on any atom is -0.463 e. The Morgan fingerprint density at radius 3 is 2.86 bits per heavy atom. The number of urea groups is 2. The minimum absolute atomic E-state index is 0.0215. The third-order valence-electron chi connectivity index (χ3n) is 4.93. The average molecular weight is 523 g/mol. The molecule has 4 N–H and O–H groups in total. The van der Waals surface area contributed by atoms with Crippen molar-refractivity contribution in [1.82, 2.24) is 30.8 Å². The van der Waals surface area contributed by atoms with Crippen LogP contribution >= 0.6 is 22.9 Å². The molecule has 2 aliphatic heterocycles. The highest BCUT2D eigenvalue weighted by atomic mass is 35.5. The summed E-state index contributed by atoms with van der Waals surface area (Å²) in [5.41, 5.74) is 0.102. The van der Waals surface area contributed by atoms with E-state index in [0.717, 1.165) is 21.2 Å². The van der Waals surface area contributed by atoms with Gasteiger partial charge in [-0.15, -0.1) is 22.9 Å². The molecule has 2 unspecified atom stereocenters. The Morgan fingerprint density at radius 1 is 1.37 bits per heavy atom. The van der Waals surface area contributed by atoms with Gasteiger partial charge in [0.25, 0.3) is 0 Å². The summed E-state index contributed by atoms with van der Waals surface area (Å²) in [6.07, 6.45) is 2.79.